The fourth-order valence-corrected chi connectivity index (χ4v) is 2.39. The molecule has 0 spiro atoms. The van der Waals surface area contributed by atoms with Crippen molar-refractivity contribution in [3.8, 4) is 0 Å². The number of hydrogen-bond donors (Lipinski definition) is 1. The quantitative estimate of drug-likeness (QED) is 0.880. The zero-order chi connectivity index (χ0) is 12.8. The van der Waals surface area contributed by atoms with Gasteiger partial charge < -0.3 is 5.32 Å². The van der Waals surface area contributed by atoms with Gasteiger partial charge in [-0.3, -0.25) is 14.7 Å². The number of hydrogen-bond acceptors (Lipinski definition) is 3. The summed E-state index contributed by atoms with van der Waals surface area (Å²) >= 11 is 0. The molecule has 4 nitrogen and oxygen atoms in total. The lowest BCUT2D eigenvalue weighted by Crippen LogP contribution is -2.42. The van der Waals surface area contributed by atoms with Gasteiger partial charge in [0.15, 0.2) is 0 Å². The molecule has 1 amide bonds. The van der Waals surface area contributed by atoms with Crippen molar-refractivity contribution in [3.63, 3.8) is 0 Å². The Balaban J connectivity index is 1.73. The Labute approximate surface area is 108 Å². The number of aromatic nitrogens is 1. The van der Waals surface area contributed by atoms with E-state index in [1.165, 1.54) is 19.3 Å². The van der Waals surface area contributed by atoms with E-state index in [1.54, 1.807) is 12.3 Å². The number of rotatable bonds is 4. The van der Waals surface area contributed by atoms with E-state index in [9.17, 15) is 4.79 Å². The summed E-state index contributed by atoms with van der Waals surface area (Å²) in [7, 11) is 0. The average Bonchev–Trinajstić information content (AvgIpc) is 2.42. The maximum atomic E-state index is 11.8. The van der Waals surface area contributed by atoms with Crippen molar-refractivity contribution in [1.82, 2.24) is 15.2 Å². The molecule has 1 aromatic heterocycles. The van der Waals surface area contributed by atoms with Crippen molar-refractivity contribution in [1.29, 1.82) is 0 Å². The van der Waals surface area contributed by atoms with Crippen LogP contribution in [-0.4, -0.2) is 41.5 Å². The molecule has 0 bridgehead atoms. The summed E-state index contributed by atoms with van der Waals surface area (Å²) < 4.78 is 0. The highest BCUT2D eigenvalue weighted by Crippen LogP contribution is 2.15. The predicted molar refractivity (Wildman–Crippen MR) is 71.5 cm³/mol. The van der Waals surface area contributed by atoms with Gasteiger partial charge in [-0.05, 0) is 38.4 Å². The van der Waals surface area contributed by atoms with E-state index < -0.39 is 0 Å². The van der Waals surface area contributed by atoms with Gasteiger partial charge in [0.1, 0.15) is 5.69 Å². The Morgan fingerprint density at radius 3 is 3.11 bits per heavy atom. The summed E-state index contributed by atoms with van der Waals surface area (Å²) in [6.07, 6.45) is 5.52. The van der Waals surface area contributed by atoms with E-state index in [4.69, 9.17) is 0 Å². The smallest absolute Gasteiger partial charge is 0.269 e. The first-order valence-corrected chi connectivity index (χ1v) is 6.70. The van der Waals surface area contributed by atoms with Crippen LogP contribution in [0, 0.1) is 0 Å². The number of carbonyl (C=O) groups excluding carboxylic acids is 1. The molecule has 1 aliphatic heterocycles. The highest BCUT2D eigenvalue weighted by Gasteiger charge is 2.17. The number of piperidine rings is 1. The van der Waals surface area contributed by atoms with Crippen LogP contribution in [0.2, 0.25) is 0 Å². The lowest BCUT2D eigenvalue weighted by atomic mass is 10.0. The Morgan fingerprint density at radius 2 is 2.39 bits per heavy atom. The van der Waals surface area contributed by atoms with Crippen LogP contribution in [0.3, 0.4) is 0 Å². The molecule has 1 fully saturated rings. The van der Waals surface area contributed by atoms with Crippen LogP contribution >= 0.6 is 0 Å². The Morgan fingerprint density at radius 1 is 1.50 bits per heavy atom. The van der Waals surface area contributed by atoms with Crippen LogP contribution in [0.1, 0.15) is 36.7 Å². The van der Waals surface area contributed by atoms with Crippen molar-refractivity contribution in [2.45, 2.75) is 32.2 Å². The van der Waals surface area contributed by atoms with Gasteiger partial charge in [0.25, 0.3) is 5.91 Å². The molecular formula is C14H21N3O. The van der Waals surface area contributed by atoms with Crippen LogP contribution in [0.4, 0.5) is 0 Å². The molecule has 4 heteroatoms. The molecule has 1 atom stereocenters. The molecule has 0 aliphatic carbocycles. The SMILES string of the molecule is C[C@H]1CCCCN1CCNC(=O)c1ccccn1. The number of nitrogens with one attached hydrogen (secondary N) is 1. The predicted octanol–water partition coefficient (Wildman–Crippen LogP) is 1.69. The molecule has 0 unspecified atom stereocenters. The van der Waals surface area contributed by atoms with Crippen molar-refractivity contribution < 1.29 is 4.79 Å². The van der Waals surface area contributed by atoms with Crippen LogP contribution in [0.15, 0.2) is 24.4 Å². The first-order chi connectivity index (χ1) is 8.77. The van der Waals surface area contributed by atoms with Crippen LogP contribution in [0.5, 0.6) is 0 Å². The Bertz CT molecular complexity index is 380. The summed E-state index contributed by atoms with van der Waals surface area (Å²) in [6.45, 7) is 5.04. The third-order valence-corrected chi connectivity index (χ3v) is 3.52. The highest BCUT2D eigenvalue weighted by atomic mass is 16.1. The average molecular weight is 247 g/mol. The fourth-order valence-electron chi connectivity index (χ4n) is 2.39. The normalized spacial score (nSPS) is 20.6. The van der Waals surface area contributed by atoms with Gasteiger partial charge >= 0.3 is 0 Å². The van der Waals surface area contributed by atoms with E-state index in [1.807, 2.05) is 12.1 Å². The van der Waals surface area contributed by atoms with E-state index >= 15 is 0 Å². The third-order valence-electron chi connectivity index (χ3n) is 3.52. The first-order valence-electron chi connectivity index (χ1n) is 6.70. The van der Waals surface area contributed by atoms with Crippen molar-refractivity contribution >= 4 is 5.91 Å². The zero-order valence-electron chi connectivity index (χ0n) is 10.9. The fraction of sp³-hybridized carbons (Fsp3) is 0.571. The van der Waals surface area contributed by atoms with Gasteiger partial charge in [0.05, 0.1) is 0 Å². The molecule has 2 heterocycles. The molecular weight excluding hydrogens is 226 g/mol. The molecule has 1 N–H and O–H groups in total. The Kier molecular flexibility index (Phi) is 4.70. The molecule has 18 heavy (non-hydrogen) atoms. The first kappa shape index (κ1) is 13.0. The summed E-state index contributed by atoms with van der Waals surface area (Å²) in [5.74, 6) is -0.0831. The number of amides is 1. The molecule has 0 saturated carbocycles. The minimum Gasteiger partial charge on any atom is -0.349 e. The maximum Gasteiger partial charge on any atom is 0.269 e. The second-order valence-corrected chi connectivity index (χ2v) is 4.85. The molecule has 1 saturated heterocycles. The molecule has 98 valence electrons. The second-order valence-electron chi connectivity index (χ2n) is 4.85. The van der Waals surface area contributed by atoms with Gasteiger partial charge in [-0.25, -0.2) is 0 Å². The van der Waals surface area contributed by atoms with Gasteiger partial charge in [0, 0.05) is 25.3 Å². The maximum absolute atomic E-state index is 11.8. The monoisotopic (exact) mass is 247 g/mol. The van der Waals surface area contributed by atoms with Crippen molar-refractivity contribution in [2.75, 3.05) is 19.6 Å². The summed E-state index contributed by atoms with van der Waals surface area (Å²) in [4.78, 5) is 18.3. The third kappa shape index (κ3) is 3.53. The van der Waals surface area contributed by atoms with Crippen LogP contribution in [0.25, 0.3) is 0 Å². The minimum atomic E-state index is -0.0831. The Hall–Kier alpha value is -1.42. The van der Waals surface area contributed by atoms with E-state index in [0.29, 0.717) is 18.3 Å². The molecule has 0 radical (unpaired) electrons. The topological polar surface area (TPSA) is 45.2 Å². The summed E-state index contributed by atoms with van der Waals surface area (Å²) in [5.41, 5.74) is 0.490. The standard InChI is InChI=1S/C14H21N3O/c1-12-6-3-5-10-17(12)11-9-16-14(18)13-7-2-4-8-15-13/h2,4,7-8,12H,3,5-6,9-11H2,1H3,(H,16,18)/t12-/m0/s1. The number of carbonyl (C=O) groups is 1. The largest absolute Gasteiger partial charge is 0.349 e. The van der Waals surface area contributed by atoms with E-state index in [-0.39, 0.29) is 5.91 Å². The van der Waals surface area contributed by atoms with E-state index in [2.05, 4.69) is 22.1 Å². The van der Waals surface area contributed by atoms with Gasteiger partial charge in [-0.1, -0.05) is 12.5 Å². The lowest BCUT2D eigenvalue weighted by Gasteiger charge is -2.33. The second kappa shape index (κ2) is 6.50. The van der Waals surface area contributed by atoms with Gasteiger partial charge in [-0.2, -0.15) is 0 Å². The number of likely N-dealkylation sites (tertiary alicyclic amines) is 1. The van der Waals surface area contributed by atoms with Crippen LogP contribution < -0.4 is 5.32 Å². The summed E-state index contributed by atoms with van der Waals surface area (Å²) in [6, 6.07) is 6.02. The highest BCUT2D eigenvalue weighted by molar-refractivity contribution is 5.92. The summed E-state index contributed by atoms with van der Waals surface area (Å²) in [5, 5.41) is 2.92. The van der Waals surface area contributed by atoms with Crippen LogP contribution in [-0.2, 0) is 0 Å². The van der Waals surface area contributed by atoms with Crippen molar-refractivity contribution in [3.05, 3.63) is 30.1 Å². The van der Waals surface area contributed by atoms with Gasteiger partial charge in [-0.15, -0.1) is 0 Å². The van der Waals surface area contributed by atoms with Gasteiger partial charge in [0.2, 0.25) is 0 Å². The molecule has 1 aliphatic rings. The lowest BCUT2D eigenvalue weighted by molar-refractivity contribution is 0.0933. The minimum absolute atomic E-state index is 0.0831. The molecule has 0 aromatic carbocycles. The number of nitrogens with zero attached hydrogens (tertiary/aromatic N) is 2. The van der Waals surface area contributed by atoms with E-state index in [0.717, 1.165) is 13.1 Å². The van der Waals surface area contributed by atoms with Crippen molar-refractivity contribution in [2.24, 2.45) is 0 Å². The zero-order valence-corrected chi connectivity index (χ0v) is 10.9. The number of pyridine rings is 1. The molecule has 1 aromatic rings. The molecule has 2 rings (SSSR count).